The first kappa shape index (κ1) is 12.4. The van der Waals surface area contributed by atoms with E-state index in [1.807, 2.05) is 60.7 Å². The topological polar surface area (TPSA) is 58.9 Å². The fraction of sp³-hybridized carbons (Fsp3) is 0.125. The van der Waals surface area contributed by atoms with Crippen LogP contribution in [0.5, 0.6) is 0 Å². The van der Waals surface area contributed by atoms with Crippen molar-refractivity contribution in [2.45, 2.75) is 12.1 Å². The summed E-state index contributed by atoms with van der Waals surface area (Å²) in [6.45, 7) is 0. The first-order chi connectivity index (χ1) is 9.75. The number of ether oxygens (including phenoxy) is 1. The van der Waals surface area contributed by atoms with E-state index in [9.17, 15) is 9.90 Å². The van der Waals surface area contributed by atoms with Crippen LogP contribution in [0, 0.1) is 0 Å². The van der Waals surface area contributed by atoms with E-state index in [1.165, 1.54) is 0 Å². The van der Waals surface area contributed by atoms with Crippen molar-refractivity contribution in [1.82, 2.24) is 0 Å². The lowest BCUT2D eigenvalue weighted by Gasteiger charge is -2.13. The molecule has 0 amide bonds. The normalized spacial score (nSPS) is 21.1. The summed E-state index contributed by atoms with van der Waals surface area (Å²) in [6.07, 6.45) is -0.979. The second-order valence-electron chi connectivity index (χ2n) is 4.53. The standard InChI is InChI=1S/C16H13NO3/c18-16(19)14-13(11-7-3-1-4-8-11)17-15(20-14)12-9-5-2-6-10-12/h1-10,13-14H,(H,18,19)/t13-,14-/m0/s1. The van der Waals surface area contributed by atoms with Gasteiger partial charge in [-0.05, 0) is 17.7 Å². The molecule has 0 aromatic heterocycles. The molecule has 2 atom stereocenters. The second kappa shape index (κ2) is 5.17. The Labute approximate surface area is 116 Å². The summed E-state index contributed by atoms with van der Waals surface area (Å²) in [6, 6.07) is 18.2. The van der Waals surface area contributed by atoms with Crippen molar-refractivity contribution in [2.24, 2.45) is 4.99 Å². The maximum atomic E-state index is 11.4. The minimum atomic E-state index is -1.01. The molecular weight excluding hydrogens is 254 g/mol. The van der Waals surface area contributed by atoms with Crippen molar-refractivity contribution >= 4 is 11.9 Å². The number of carbonyl (C=O) groups is 1. The summed E-state index contributed by atoms with van der Waals surface area (Å²) in [5.74, 6) is -0.625. The summed E-state index contributed by atoms with van der Waals surface area (Å²) in [5, 5.41) is 9.31. The third-order valence-corrected chi connectivity index (χ3v) is 3.19. The number of hydrogen-bond donors (Lipinski definition) is 1. The minimum Gasteiger partial charge on any atom is -0.478 e. The van der Waals surface area contributed by atoms with Crippen LogP contribution < -0.4 is 0 Å². The van der Waals surface area contributed by atoms with Gasteiger partial charge in [-0.2, -0.15) is 0 Å². The maximum absolute atomic E-state index is 11.4. The Balaban J connectivity index is 1.98. The molecule has 1 aliphatic rings. The molecule has 0 unspecified atom stereocenters. The van der Waals surface area contributed by atoms with Crippen LogP contribution in [0.15, 0.2) is 65.7 Å². The average molecular weight is 267 g/mol. The van der Waals surface area contributed by atoms with Crippen molar-refractivity contribution in [3.63, 3.8) is 0 Å². The molecule has 4 heteroatoms. The molecule has 0 fully saturated rings. The molecular formula is C16H13NO3. The van der Waals surface area contributed by atoms with Gasteiger partial charge in [0, 0.05) is 5.56 Å². The van der Waals surface area contributed by atoms with Gasteiger partial charge in [-0.1, -0.05) is 48.5 Å². The van der Waals surface area contributed by atoms with Gasteiger partial charge in [0.05, 0.1) is 0 Å². The van der Waals surface area contributed by atoms with Gasteiger partial charge in [0.2, 0.25) is 12.0 Å². The third kappa shape index (κ3) is 2.28. The van der Waals surface area contributed by atoms with Gasteiger partial charge in [-0.25, -0.2) is 9.79 Å². The van der Waals surface area contributed by atoms with Crippen molar-refractivity contribution in [3.05, 3.63) is 71.8 Å². The molecule has 1 heterocycles. The zero-order valence-corrected chi connectivity index (χ0v) is 10.6. The van der Waals surface area contributed by atoms with E-state index in [-0.39, 0.29) is 0 Å². The van der Waals surface area contributed by atoms with Gasteiger partial charge < -0.3 is 9.84 Å². The Morgan fingerprint density at radius 1 is 1.00 bits per heavy atom. The zero-order valence-electron chi connectivity index (χ0n) is 10.6. The van der Waals surface area contributed by atoms with Crippen LogP contribution >= 0.6 is 0 Å². The molecule has 0 saturated heterocycles. The van der Waals surface area contributed by atoms with Gasteiger partial charge >= 0.3 is 5.97 Å². The van der Waals surface area contributed by atoms with E-state index >= 15 is 0 Å². The highest BCUT2D eigenvalue weighted by molar-refractivity contribution is 5.97. The Morgan fingerprint density at radius 2 is 1.60 bits per heavy atom. The summed E-state index contributed by atoms with van der Waals surface area (Å²) in [5.41, 5.74) is 1.63. The van der Waals surface area contributed by atoms with Gasteiger partial charge in [0.1, 0.15) is 6.04 Å². The molecule has 1 aliphatic heterocycles. The number of carboxylic acid groups (broad SMARTS) is 1. The number of nitrogens with zero attached hydrogens (tertiary/aromatic N) is 1. The van der Waals surface area contributed by atoms with Crippen molar-refractivity contribution < 1.29 is 14.6 Å². The lowest BCUT2D eigenvalue weighted by atomic mass is 10.0. The average Bonchev–Trinajstić information content (AvgIpc) is 2.94. The van der Waals surface area contributed by atoms with E-state index < -0.39 is 18.1 Å². The Hall–Kier alpha value is -2.62. The largest absolute Gasteiger partial charge is 0.478 e. The summed E-state index contributed by atoms with van der Waals surface area (Å²) < 4.78 is 5.53. The van der Waals surface area contributed by atoms with Crippen LogP contribution in [0.4, 0.5) is 0 Å². The SMILES string of the molecule is O=C(O)[C@H]1OC(c2ccccc2)=N[C@H]1c1ccccc1. The highest BCUT2D eigenvalue weighted by Crippen LogP contribution is 2.31. The minimum absolute atomic E-state index is 0.381. The smallest absolute Gasteiger partial charge is 0.347 e. The van der Waals surface area contributed by atoms with Crippen LogP contribution in [0.3, 0.4) is 0 Å². The number of rotatable bonds is 3. The predicted molar refractivity (Wildman–Crippen MR) is 74.7 cm³/mol. The summed E-state index contributed by atoms with van der Waals surface area (Å²) >= 11 is 0. The molecule has 0 saturated carbocycles. The molecule has 20 heavy (non-hydrogen) atoms. The predicted octanol–water partition coefficient (Wildman–Crippen LogP) is 2.66. The number of benzene rings is 2. The fourth-order valence-corrected chi connectivity index (χ4v) is 2.22. The molecule has 100 valence electrons. The first-order valence-corrected chi connectivity index (χ1v) is 6.33. The molecule has 0 aliphatic carbocycles. The van der Waals surface area contributed by atoms with E-state index in [0.29, 0.717) is 5.90 Å². The molecule has 1 N–H and O–H groups in total. The Morgan fingerprint density at radius 3 is 2.20 bits per heavy atom. The van der Waals surface area contributed by atoms with E-state index in [4.69, 9.17) is 4.74 Å². The Kier molecular flexibility index (Phi) is 3.21. The first-order valence-electron chi connectivity index (χ1n) is 6.33. The third-order valence-electron chi connectivity index (χ3n) is 3.19. The lowest BCUT2D eigenvalue weighted by molar-refractivity contribution is -0.145. The molecule has 3 rings (SSSR count). The van der Waals surface area contributed by atoms with Crippen molar-refractivity contribution in [1.29, 1.82) is 0 Å². The van der Waals surface area contributed by atoms with Crippen LogP contribution in [-0.4, -0.2) is 23.1 Å². The van der Waals surface area contributed by atoms with Gasteiger partial charge in [0.25, 0.3) is 0 Å². The summed E-state index contributed by atoms with van der Waals surface area (Å²) in [7, 11) is 0. The van der Waals surface area contributed by atoms with Crippen LogP contribution in [0.25, 0.3) is 0 Å². The van der Waals surface area contributed by atoms with E-state index in [1.54, 1.807) is 0 Å². The van der Waals surface area contributed by atoms with Crippen LogP contribution in [-0.2, 0) is 9.53 Å². The molecule has 0 bridgehead atoms. The Bertz CT molecular complexity index is 637. The van der Waals surface area contributed by atoms with E-state index in [0.717, 1.165) is 11.1 Å². The molecule has 0 radical (unpaired) electrons. The summed E-state index contributed by atoms with van der Waals surface area (Å²) in [4.78, 5) is 15.8. The molecule has 2 aromatic carbocycles. The van der Waals surface area contributed by atoms with Gasteiger partial charge in [-0.15, -0.1) is 0 Å². The van der Waals surface area contributed by atoms with E-state index in [2.05, 4.69) is 4.99 Å². The van der Waals surface area contributed by atoms with Crippen LogP contribution in [0.1, 0.15) is 17.2 Å². The van der Waals surface area contributed by atoms with Crippen LogP contribution in [0.2, 0.25) is 0 Å². The molecule has 0 spiro atoms. The number of hydrogen-bond acceptors (Lipinski definition) is 3. The molecule has 4 nitrogen and oxygen atoms in total. The zero-order chi connectivity index (χ0) is 13.9. The van der Waals surface area contributed by atoms with Gasteiger partial charge in [-0.3, -0.25) is 0 Å². The number of aliphatic imine (C=N–C) groups is 1. The van der Waals surface area contributed by atoms with Gasteiger partial charge in [0.15, 0.2) is 0 Å². The number of aliphatic carboxylic acids is 1. The fourth-order valence-electron chi connectivity index (χ4n) is 2.22. The second-order valence-corrected chi connectivity index (χ2v) is 4.53. The number of carboxylic acids is 1. The highest BCUT2D eigenvalue weighted by atomic mass is 16.5. The maximum Gasteiger partial charge on any atom is 0.347 e. The lowest BCUT2D eigenvalue weighted by Crippen LogP contribution is -2.26. The van der Waals surface area contributed by atoms with Crippen molar-refractivity contribution in [2.75, 3.05) is 0 Å². The molecule has 2 aromatic rings. The highest BCUT2D eigenvalue weighted by Gasteiger charge is 2.38. The van der Waals surface area contributed by atoms with Crippen molar-refractivity contribution in [3.8, 4) is 0 Å². The quantitative estimate of drug-likeness (QED) is 0.930. The monoisotopic (exact) mass is 267 g/mol.